The first kappa shape index (κ1) is 19.4. The number of ketones is 1. The Balaban J connectivity index is 1.48. The number of anilines is 2. The molecule has 1 aliphatic heterocycles. The number of hydrogen-bond acceptors (Lipinski definition) is 4. The maximum atomic E-state index is 12.2. The average Bonchev–Trinajstić information content (AvgIpc) is 3.13. The summed E-state index contributed by atoms with van der Waals surface area (Å²) < 4.78 is 5.35. The van der Waals surface area contributed by atoms with Crippen LogP contribution in [0, 0.1) is 0 Å². The molecule has 7 nitrogen and oxygen atoms in total. The van der Waals surface area contributed by atoms with Gasteiger partial charge in [-0.1, -0.05) is 0 Å². The predicted molar refractivity (Wildman–Crippen MR) is 107 cm³/mol. The Morgan fingerprint density at radius 2 is 1.79 bits per heavy atom. The maximum absolute atomic E-state index is 12.2. The molecule has 0 bridgehead atoms. The van der Waals surface area contributed by atoms with Crippen molar-refractivity contribution in [1.29, 1.82) is 0 Å². The molecular formula is C21H23N3O4. The van der Waals surface area contributed by atoms with Gasteiger partial charge in [-0.2, -0.15) is 0 Å². The number of ether oxygens (including phenoxy) is 1. The van der Waals surface area contributed by atoms with Gasteiger partial charge in [-0.15, -0.1) is 0 Å². The monoisotopic (exact) mass is 381 g/mol. The van der Waals surface area contributed by atoms with Crippen molar-refractivity contribution in [2.45, 2.75) is 19.8 Å². The summed E-state index contributed by atoms with van der Waals surface area (Å²) in [6, 6.07) is 13.8. The highest BCUT2D eigenvalue weighted by Crippen LogP contribution is 2.20. The Hall–Kier alpha value is -3.35. The van der Waals surface area contributed by atoms with Gasteiger partial charge < -0.3 is 15.4 Å². The number of carbonyl (C=O) groups is 3. The van der Waals surface area contributed by atoms with Crippen LogP contribution in [0.4, 0.5) is 16.2 Å². The fraction of sp³-hybridized carbons (Fsp3) is 0.286. The second-order valence-corrected chi connectivity index (χ2v) is 6.36. The van der Waals surface area contributed by atoms with Crippen molar-refractivity contribution in [3.05, 3.63) is 54.1 Å². The lowest BCUT2D eigenvalue weighted by Gasteiger charge is -2.14. The zero-order chi connectivity index (χ0) is 19.9. The van der Waals surface area contributed by atoms with E-state index in [-0.39, 0.29) is 30.6 Å². The molecule has 2 aromatic carbocycles. The summed E-state index contributed by atoms with van der Waals surface area (Å²) in [5.41, 5.74) is 1.96. The molecule has 0 saturated carbocycles. The number of carbonyl (C=O) groups excluding carboxylic acids is 3. The SMILES string of the molecule is CCOc1ccc(C(=O)CCC(=O)Nc2ccc(N3CCNC3=O)cc2)cc1. The molecule has 0 radical (unpaired) electrons. The second-order valence-electron chi connectivity index (χ2n) is 6.36. The number of hydrogen-bond donors (Lipinski definition) is 2. The van der Waals surface area contributed by atoms with Gasteiger partial charge in [-0.25, -0.2) is 4.79 Å². The van der Waals surface area contributed by atoms with Gasteiger partial charge in [0.1, 0.15) is 5.75 Å². The molecule has 146 valence electrons. The van der Waals surface area contributed by atoms with E-state index in [0.29, 0.717) is 36.7 Å². The minimum atomic E-state index is -0.231. The highest BCUT2D eigenvalue weighted by Gasteiger charge is 2.20. The molecule has 7 heteroatoms. The van der Waals surface area contributed by atoms with Crippen LogP contribution in [0.25, 0.3) is 0 Å². The van der Waals surface area contributed by atoms with Crippen LogP contribution < -0.4 is 20.3 Å². The first-order valence-electron chi connectivity index (χ1n) is 9.28. The quantitative estimate of drug-likeness (QED) is 0.688. The van der Waals surface area contributed by atoms with Crippen LogP contribution in [0.15, 0.2) is 48.5 Å². The van der Waals surface area contributed by atoms with Crippen LogP contribution >= 0.6 is 0 Å². The Morgan fingerprint density at radius 1 is 1.07 bits per heavy atom. The molecule has 0 spiro atoms. The fourth-order valence-corrected chi connectivity index (χ4v) is 2.94. The molecule has 2 aromatic rings. The molecule has 0 unspecified atom stereocenters. The minimum absolute atomic E-state index is 0.0893. The number of nitrogens with zero attached hydrogens (tertiary/aromatic N) is 1. The highest BCUT2D eigenvalue weighted by atomic mass is 16.5. The number of nitrogens with one attached hydrogen (secondary N) is 2. The summed E-state index contributed by atoms with van der Waals surface area (Å²) >= 11 is 0. The van der Waals surface area contributed by atoms with Gasteiger partial charge in [0.2, 0.25) is 5.91 Å². The third kappa shape index (κ3) is 4.88. The Kier molecular flexibility index (Phi) is 6.26. The van der Waals surface area contributed by atoms with Crippen molar-refractivity contribution in [3.63, 3.8) is 0 Å². The second kappa shape index (κ2) is 9.03. The Morgan fingerprint density at radius 3 is 2.39 bits per heavy atom. The molecule has 3 rings (SSSR count). The van der Waals surface area contributed by atoms with Crippen LogP contribution in [-0.2, 0) is 4.79 Å². The van der Waals surface area contributed by atoms with Gasteiger partial charge >= 0.3 is 6.03 Å². The molecule has 2 N–H and O–H groups in total. The topological polar surface area (TPSA) is 87.7 Å². The lowest BCUT2D eigenvalue weighted by Crippen LogP contribution is -2.27. The van der Waals surface area contributed by atoms with E-state index < -0.39 is 0 Å². The van der Waals surface area contributed by atoms with Crippen LogP contribution in [-0.4, -0.2) is 37.4 Å². The van der Waals surface area contributed by atoms with Gasteiger partial charge in [-0.05, 0) is 55.5 Å². The molecule has 1 heterocycles. The Bertz CT molecular complexity index is 847. The number of rotatable bonds is 8. The zero-order valence-electron chi connectivity index (χ0n) is 15.7. The van der Waals surface area contributed by atoms with E-state index in [2.05, 4.69) is 10.6 Å². The van der Waals surface area contributed by atoms with Gasteiger partial charge in [0.25, 0.3) is 0 Å². The van der Waals surface area contributed by atoms with E-state index in [4.69, 9.17) is 4.74 Å². The molecule has 1 fully saturated rings. The van der Waals surface area contributed by atoms with E-state index in [1.54, 1.807) is 53.4 Å². The minimum Gasteiger partial charge on any atom is -0.494 e. The van der Waals surface area contributed by atoms with Crippen molar-refractivity contribution < 1.29 is 19.1 Å². The summed E-state index contributed by atoms with van der Waals surface area (Å²) in [4.78, 5) is 37.7. The third-order valence-electron chi connectivity index (χ3n) is 4.39. The van der Waals surface area contributed by atoms with E-state index in [1.807, 2.05) is 6.92 Å². The van der Waals surface area contributed by atoms with Crippen LogP contribution in [0.1, 0.15) is 30.1 Å². The van der Waals surface area contributed by atoms with E-state index >= 15 is 0 Å². The normalized spacial score (nSPS) is 13.2. The van der Waals surface area contributed by atoms with Gasteiger partial charge in [0.15, 0.2) is 5.78 Å². The Labute approximate surface area is 163 Å². The van der Waals surface area contributed by atoms with E-state index in [0.717, 1.165) is 5.69 Å². The van der Waals surface area contributed by atoms with Crippen LogP contribution in [0.3, 0.4) is 0 Å². The highest BCUT2D eigenvalue weighted by molar-refractivity contribution is 6.00. The molecule has 28 heavy (non-hydrogen) atoms. The van der Waals surface area contributed by atoms with Crippen molar-refractivity contribution in [2.75, 3.05) is 29.9 Å². The van der Waals surface area contributed by atoms with Crippen molar-refractivity contribution in [3.8, 4) is 5.75 Å². The number of urea groups is 1. The van der Waals surface area contributed by atoms with Crippen LogP contribution in [0.2, 0.25) is 0 Å². The van der Waals surface area contributed by atoms with E-state index in [9.17, 15) is 14.4 Å². The molecule has 1 saturated heterocycles. The zero-order valence-corrected chi connectivity index (χ0v) is 15.7. The van der Waals surface area contributed by atoms with Crippen molar-refractivity contribution in [1.82, 2.24) is 5.32 Å². The lowest BCUT2D eigenvalue weighted by atomic mass is 10.1. The van der Waals surface area contributed by atoms with Crippen molar-refractivity contribution in [2.24, 2.45) is 0 Å². The molecule has 0 atom stereocenters. The lowest BCUT2D eigenvalue weighted by molar-refractivity contribution is -0.116. The average molecular weight is 381 g/mol. The molecular weight excluding hydrogens is 358 g/mol. The molecule has 1 aliphatic rings. The smallest absolute Gasteiger partial charge is 0.321 e. The summed E-state index contributed by atoms with van der Waals surface area (Å²) in [7, 11) is 0. The standard InChI is InChI=1S/C21H23N3O4/c1-2-28-18-9-3-15(4-10-18)19(25)11-12-20(26)23-16-5-7-17(8-6-16)24-14-13-22-21(24)27/h3-10H,2,11-14H2,1H3,(H,22,27)(H,23,26). The summed E-state index contributed by atoms with van der Waals surface area (Å²) in [5, 5.41) is 5.52. The van der Waals surface area contributed by atoms with Gasteiger partial charge in [-0.3, -0.25) is 14.5 Å². The molecule has 0 aliphatic carbocycles. The fourth-order valence-electron chi connectivity index (χ4n) is 2.94. The first-order chi connectivity index (χ1) is 13.6. The van der Waals surface area contributed by atoms with Crippen LogP contribution in [0.5, 0.6) is 5.75 Å². The summed E-state index contributed by atoms with van der Waals surface area (Å²) in [6.45, 7) is 3.71. The third-order valence-corrected chi connectivity index (χ3v) is 4.39. The summed E-state index contributed by atoms with van der Waals surface area (Å²) in [5.74, 6) is 0.395. The van der Waals surface area contributed by atoms with Gasteiger partial charge in [0, 0.05) is 42.9 Å². The molecule has 0 aromatic heterocycles. The molecule has 3 amide bonds. The number of Topliss-reactive ketones (excluding diaryl/α,β-unsaturated/α-hetero) is 1. The van der Waals surface area contributed by atoms with E-state index in [1.165, 1.54) is 0 Å². The predicted octanol–water partition coefficient (Wildman–Crippen LogP) is 3.22. The summed E-state index contributed by atoms with van der Waals surface area (Å²) in [6.07, 6.45) is 0.230. The number of amides is 3. The number of benzene rings is 2. The van der Waals surface area contributed by atoms with Gasteiger partial charge in [0.05, 0.1) is 6.61 Å². The first-order valence-corrected chi connectivity index (χ1v) is 9.28. The van der Waals surface area contributed by atoms with Crippen molar-refractivity contribution >= 4 is 29.1 Å². The maximum Gasteiger partial charge on any atom is 0.321 e. The largest absolute Gasteiger partial charge is 0.494 e.